The van der Waals surface area contributed by atoms with Crippen LogP contribution in [0.3, 0.4) is 0 Å². The number of hydrogen-bond donors (Lipinski definition) is 1. The molecule has 190 valence electrons. The number of carbonyl (C=O) groups is 1. The summed E-state index contributed by atoms with van der Waals surface area (Å²) in [4.78, 5) is 22.3. The van der Waals surface area contributed by atoms with Gasteiger partial charge in [-0.25, -0.2) is 14.1 Å². The number of fused-ring (bicyclic) bond motifs is 1. The topological polar surface area (TPSA) is 99.2 Å². The normalized spacial score (nSPS) is 15.3. The van der Waals surface area contributed by atoms with E-state index in [-0.39, 0.29) is 28.9 Å². The molecular formula is C26H23Cl2FN6O2. The van der Waals surface area contributed by atoms with Gasteiger partial charge in [0.15, 0.2) is 5.65 Å². The second-order valence-corrected chi connectivity index (χ2v) is 9.42. The molecule has 0 unspecified atom stereocenters. The Bertz CT molecular complexity index is 1510. The maximum atomic E-state index is 13.4. The minimum absolute atomic E-state index is 0.00907. The van der Waals surface area contributed by atoms with Gasteiger partial charge < -0.3 is 15.4 Å². The van der Waals surface area contributed by atoms with Crippen molar-refractivity contribution in [2.24, 2.45) is 0 Å². The average Bonchev–Trinajstić information content (AvgIpc) is 3.50. The van der Waals surface area contributed by atoms with Crippen molar-refractivity contribution in [3.8, 4) is 17.0 Å². The number of nitrogens with zero attached hydrogens (tertiary/aromatic N) is 5. The van der Waals surface area contributed by atoms with Crippen molar-refractivity contribution in [3.63, 3.8) is 0 Å². The second kappa shape index (κ2) is 10.4. The number of amides is 1. The summed E-state index contributed by atoms with van der Waals surface area (Å²) in [6.45, 7) is 4.94. The Morgan fingerprint density at radius 2 is 2.08 bits per heavy atom. The van der Waals surface area contributed by atoms with Crippen LogP contribution in [0, 0.1) is 5.82 Å². The number of halogens is 3. The molecule has 1 atom stereocenters. The fourth-order valence-electron chi connectivity index (χ4n) is 4.50. The Labute approximate surface area is 222 Å². The fraction of sp³-hybridized carbons (Fsp3) is 0.231. The maximum Gasteiger partial charge on any atom is 0.246 e. The first kappa shape index (κ1) is 25.0. The van der Waals surface area contributed by atoms with Crippen LogP contribution in [-0.2, 0) is 11.2 Å². The Balaban J connectivity index is 1.43. The van der Waals surface area contributed by atoms with Crippen LogP contribution in [0.1, 0.15) is 18.0 Å². The molecule has 2 N–H and O–H groups in total. The van der Waals surface area contributed by atoms with Gasteiger partial charge in [-0.1, -0.05) is 30.3 Å². The largest absolute Gasteiger partial charge is 0.492 e. The Morgan fingerprint density at radius 3 is 2.84 bits per heavy atom. The van der Waals surface area contributed by atoms with E-state index in [2.05, 4.69) is 16.5 Å². The zero-order valence-electron chi connectivity index (χ0n) is 19.7. The molecule has 0 aliphatic carbocycles. The summed E-state index contributed by atoms with van der Waals surface area (Å²) in [5, 5.41) is 5.77. The van der Waals surface area contributed by atoms with E-state index in [0.717, 1.165) is 5.56 Å². The minimum atomic E-state index is -0.284. The number of carbonyl (C=O) groups excluding carboxylic acids is 1. The summed E-state index contributed by atoms with van der Waals surface area (Å²) in [6, 6.07) is 11.6. The number of hydrogen-bond acceptors (Lipinski definition) is 6. The molecule has 0 saturated carbocycles. The summed E-state index contributed by atoms with van der Waals surface area (Å²) in [5.41, 5.74) is 8.81. The van der Waals surface area contributed by atoms with E-state index in [1.165, 1.54) is 18.2 Å². The summed E-state index contributed by atoms with van der Waals surface area (Å²) in [7, 11) is 0. The van der Waals surface area contributed by atoms with Crippen LogP contribution < -0.4 is 10.5 Å². The number of benzene rings is 2. The molecule has 5 rings (SSSR count). The van der Waals surface area contributed by atoms with E-state index >= 15 is 0 Å². The summed E-state index contributed by atoms with van der Waals surface area (Å²) >= 11 is 12.7. The van der Waals surface area contributed by atoms with Crippen molar-refractivity contribution in [2.75, 3.05) is 25.4 Å². The summed E-state index contributed by atoms with van der Waals surface area (Å²) in [6.07, 6.45) is 2.53. The smallest absolute Gasteiger partial charge is 0.246 e. The second-order valence-electron chi connectivity index (χ2n) is 8.67. The highest BCUT2D eigenvalue weighted by molar-refractivity contribution is 6.32. The monoisotopic (exact) mass is 540 g/mol. The molecule has 0 bridgehead atoms. The highest BCUT2D eigenvalue weighted by Crippen LogP contribution is 2.37. The molecule has 4 aromatic rings. The van der Waals surface area contributed by atoms with Gasteiger partial charge in [0.05, 0.1) is 23.1 Å². The molecule has 2 aromatic heterocycles. The number of likely N-dealkylation sites (tertiary alicyclic amines) is 1. The lowest BCUT2D eigenvalue weighted by Crippen LogP contribution is -2.27. The van der Waals surface area contributed by atoms with Gasteiger partial charge >= 0.3 is 0 Å². The van der Waals surface area contributed by atoms with Gasteiger partial charge in [-0.3, -0.25) is 4.79 Å². The first-order valence-electron chi connectivity index (χ1n) is 11.6. The third kappa shape index (κ3) is 5.10. The molecule has 1 aliphatic rings. The molecule has 0 radical (unpaired) electrons. The lowest BCUT2D eigenvalue weighted by Gasteiger charge is -2.14. The minimum Gasteiger partial charge on any atom is -0.492 e. The van der Waals surface area contributed by atoms with Crippen LogP contribution in [0.25, 0.3) is 22.3 Å². The van der Waals surface area contributed by atoms with Gasteiger partial charge in [-0.15, -0.1) is 0 Å². The van der Waals surface area contributed by atoms with E-state index in [1.807, 2.05) is 12.1 Å². The molecule has 2 aromatic carbocycles. The molecule has 11 heteroatoms. The lowest BCUT2D eigenvalue weighted by atomic mass is 10.1. The molecule has 1 fully saturated rings. The van der Waals surface area contributed by atoms with Crippen molar-refractivity contribution in [2.45, 2.75) is 18.9 Å². The zero-order chi connectivity index (χ0) is 26.1. The van der Waals surface area contributed by atoms with Crippen molar-refractivity contribution in [1.82, 2.24) is 24.6 Å². The van der Waals surface area contributed by atoms with E-state index in [0.29, 0.717) is 65.6 Å². The van der Waals surface area contributed by atoms with Gasteiger partial charge in [-0.05, 0) is 60.0 Å². The van der Waals surface area contributed by atoms with Crippen molar-refractivity contribution in [3.05, 3.63) is 76.8 Å². The van der Waals surface area contributed by atoms with E-state index in [4.69, 9.17) is 38.8 Å². The first-order valence-corrected chi connectivity index (χ1v) is 12.4. The van der Waals surface area contributed by atoms with E-state index in [9.17, 15) is 9.18 Å². The van der Waals surface area contributed by atoms with Crippen LogP contribution in [-0.4, -0.2) is 50.3 Å². The Kier molecular flexibility index (Phi) is 6.99. The predicted molar refractivity (Wildman–Crippen MR) is 141 cm³/mol. The standard InChI is InChI=1S/C26H23Cl2FN6O2/c1-2-21(36)34-10-8-18(14-34)35-25-22(24(30)31-26(28)32-25)23(33-35)16-6-7-20(19(27)13-16)37-11-9-15-4-3-5-17(29)12-15/h2-7,12-13,18H,1,8-11,14H2,(H2,30,31,32)/t18-/m1/s1. The van der Waals surface area contributed by atoms with Gasteiger partial charge in [0.25, 0.3) is 0 Å². The van der Waals surface area contributed by atoms with Crippen LogP contribution in [0.2, 0.25) is 10.3 Å². The molecule has 0 spiro atoms. The molecule has 8 nitrogen and oxygen atoms in total. The van der Waals surface area contributed by atoms with Gasteiger partial charge in [-0.2, -0.15) is 10.1 Å². The average molecular weight is 541 g/mol. The third-order valence-electron chi connectivity index (χ3n) is 6.29. The zero-order valence-corrected chi connectivity index (χ0v) is 21.2. The molecule has 1 aliphatic heterocycles. The number of rotatable bonds is 7. The molecule has 37 heavy (non-hydrogen) atoms. The van der Waals surface area contributed by atoms with Crippen LogP contribution >= 0.6 is 23.2 Å². The summed E-state index contributed by atoms with van der Waals surface area (Å²) < 4.78 is 21.0. The highest BCUT2D eigenvalue weighted by Gasteiger charge is 2.30. The van der Waals surface area contributed by atoms with Crippen LogP contribution in [0.15, 0.2) is 55.1 Å². The molecule has 1 amide bonds. The third-order valence-corrected chi connectivity index (χ3v) is 6.75. The molecule has 1 saturated heterocycles. The number of nitrogens with two attached hydrogens (primary N) is 1. The van der Waals surface area contributed by atoms with E-state index < -0.39 is 0 Å². The maximum absolute atomic E-state index is 13.4. The van der Waals surface area contributed by atoms with Crippen molar-refractivity contribution < 1.29 is 13.9 Å². The Morgan fingerprint density at radius 1 is 1.24 bits per heavy atom. The van der Waals surface area contributed by atoms with E-state index in [1.54, 1.807) is 27.8 Å². The van der Waals surface area contributed by atoms with Crippen molar-refractivity contribution in [1.29, 1.82) is 0 Å². The molecular weight excluding hydrogens is 518 g/mol. The SMILES string of the molecule is C=CC(=O)N1CC[C@@H](n2nc(-c3ccc(OCCc4cccc(F)c4)c(Cl)c3)c3c(N)nc(Cl)nc32)C1. The lowest BCUT2D eigenvalue weighted by molar-refractivity contribution is -0.125. The predicted octanol–water partition coefficient (Wildman–Crippen LogP) is 5.10. The number of aromatic nitrogens is 4. The fourth-order valence-corrected chi connectivity index (χ4v) is 4.91. The molecule has 3 heterocycles. The van der Waals surface area contributed by atoms with Crippen molar-refractivity contribution >= 4 is 46.0 Å². The highest BCUT2D eigenvalue weighted by atomic mass is 35.5. The summed E-state index contributed by atoms with van der Waals surface area (Å²) in [5.74, 6) is 0.270. The first-order chi connectivity index (χ1) is 17.8. The quantitative estimate of drug-likeness (QED) is 0.258. The number of anilines is 1. The van der Waals surface area contributed by atoms with Gasteiger partial charge in [0, 0.05) is 25.1 Å². The van der Waals surface area contributed by atoms with Gasteiger partial charge in [0.2, 0.25) is 11.2 Å². The number of ether oxygens (including phenoxy) is 1. The Hall–Kier alpha value is -3.69. The van der Waals surface area contributed by atoms with Crippen LogP contribution in [0.5, 0.6) is 5.75 Å². The number of nitrogen functional groups attached to an aromatic ring is 1. The van der Waals surface area contributed by atoms with Gasteiger partial charge in [0.1, 0.15) is 23.1 Å². The van der Waals surface area contributed by atoms with Crippen LogP contribution in [0.4, 0.5) is 10.2 Å².